The average Bonchev–Trinajstić information content (AvgIpc) is 2.59. The number of hydrogen-bond donors (Lipinski definition) is 1. The molecule has 7 nitrogen and oxygen atoms in total. The maximum absolute atomic E-state index is 11.5. The van der Waals surface area contributed by atoms with Crippen molar-refractivity contribution in [3.8, 4) is 5.88 Å². The van der Waals surface area contributed by atoms with Gasteiger partial charge >= 0.3 is 0 Å². The van der Waals surface area contributed by atoms with Crippen LogP contribution >= 0.6 is 0 Å². The number of anilines is 1. The van der Waals surface area contributed by atoms with E-state index in [4.69, 9.17) is 9.52 Å². The van der Waals surface area contributed by atoms with E-state index in [1.165, 1.54) is 6.26 Å². The lowest BCUT2D eigenvalue weighted by Gasteiger charge is -2.33. The fraction of sp³-hybridized carbons (Fsp3) is 0.562. The van der Waals surface area contributed by atoms with E-state index >= 15 is 0 Å². The molecule has 0 aromatic carbocycles. The van der Waals surface area contributed by atoms with E-state index < -0.39 is 9.73 Å². The van der Waals surface area contributed by atoms with E-state index in [1.54, 1.807) is 19.6 Å². The lowest BCUT2D eigenvalue weighted by molar-refractivity contribution is 0.395. The molecule has 1 N–H and O–H groups in total. The molecule has 0 aliphatic carbocycles. The Balaban J connectivity index is 1.74. The first-order chi connectivity index (χ1) is 11.5. The number of methoxy groups -OCH3 is 1. The SMILES string of the molecule is COc1nccc2c(N3CCC(CCS(C)(=N)=O)CC3)ncnc12. The number of hydrogen-bond acceptors (Lipinski definition) is 7. The Bertz CT molecular complexity index is 816. The number of aromatic nitrogens is 3. The summed E-state index contributed by atoms with van der Waals surface area (Å²) in [5.41, 5.74) is 0.729. The second-order valence-corrected chi connectivity index (χ2v) is 8.76. The van der Waals surface area contributed by atoms with Gasteiger partial charge in [-0.1, -0.05) is 0 Å². The third kappa shape index (κ3) is 3.75. The van der Waals surface area contributed by atoms with E-state index in [1.807, 2.05) is 6.07 Å². The van der Waals surface area contributed by atoms with Gasteiger partial charge in [0.05, 0.1) is 7.11 Å². The maximum Gasteiger partial charge on any atom is 0.240 e. The number of ether oxygens (including phenoxy) is 1. The molecule has 1 saturated heterocycles. The molecule has 0 amide bonds. The number of piperidine rings is 1. The van der Waals surface area contributed by atoms with Crippen molar-refractivity contribution in [2.75, 3.05) is 37.1 Å². The summed E-state index contributed by atoms with van der Waals surface area (Å²) in [6, 6.07) is 1.92. The van der Waals surface area contributed by atoms with Gasteiger partial charge in [-0.3, -0.25) is 8.99 Å². The van der Waals surface area contributed by atoms with Crippen LogP contribution in [-0.2, 0) is 9.73 Å². The first-order valence-corrected chi connectivity index (χ1v) is 10.2. The molecule has 1 fully saturated rings. The summed E-state index contributed by atoms with van der Waals surface area (Å²) in [5.74, 6) is 2.46. The summed E-state index contributed by atoms with van der Waals surface area (Å²) >= 11 is 0. The molecule has 1 atom stereocenters. The van der Waals surface area contributed by atoms with Gasteiger partial charge in [0.1, 0.15) is 17.7 Å². The summed E-state index contributed by atoms with van der Waals surface area (Å²) in [5, 5.41) is 0.950. The van der Waals surface area contributed by atoms with Crippen LogP contribution in [0.5, 0.6) is 5.88 Å². The molecule has 2 aromatic heterocycles. The first kappa shape index (κ1) is 16.9. The molecular formula is C16H23N5O2S. The second kappa shape index (κ2) is 6.88. The number of pyridine rings is 1. The first-order valence-electron chi connectivity index (χ1n) is 8.08. The van der Waals surface area contributed by atoms with Gasteiger partial charge in [0, 0.05) is 46.4 Å². The predicted molar refractivity (Wildman–Crippen MR) is 95.1 cm³/mol. The number of nitrogens with zero attached hydrogens (tertiary/aromatic N) is 4. The Hall–Kier alpha value is -1.96. The molecule has 0 radical (unpaired) electrons. The number of fused-ring (bicyclic) bond motifs is 1. The Labute approximate surface area is 142 Å². The predicted octanol–water partition coefficient (Wildman–Crippen LogP) is 2.32. The van der Waals surface area contributed by atoms with Gasteiger partial charge in [-0.15, -0.1) is 0 Å². The number of rotatable bonds is 5. The zero-order chi connectivity index (χ0) is 17.2. The average molecular weight is 349 g/mol. The molecule has 0 saturated carbocycles. The van der Waals surface area contributed by atoms with Crippen molar-refractivity contribution in [3.63, 3.8) is 0 Å². The summed E-state index contributed by atoms with van der Waals surface area (Å²) in [6.45, 7) is 1.81. The van der Waals surface area contributed by atoms with Crippen LogP contribution in [0.1, 0.15) is 19.3 Å². The van der Waals surface area contributed by atoms with Crippen molar-refractivity contribution >= 4 is 26.4 Å². The molecule has 130 valence electrons. The Kier molecular flexibility index (Phi) is 4.84. The monoisotopic (exact) mass is 349 g/mol. The van der Waals surface area contributed by atoms with Gasteiger partial charge < -0.3 is 9.64 Å². The van der Waals surface area contributed by atoms with Gasteiger partial charge in [0.25, 0.3) is 0 Å². The maximum atomic E-state index is 11.5. The molecule has 8 heteroatoms. The third-order valence-electron chi connectivity index (χ3n) is 4.52. The van der Waals surface area contributed by atoms with Crippen LogP contribution in [0.25, 0.3) is 10.9 Å². The van der Waals surface area contributed by atoms with E-state index in [9.17, 15) is 4.21 Å². The minimum absolute atomic E-state index is 0.497. The Morgan fingerprint density at radius 3 is 2.75 bits per heavy atom. The quantitative estimate of drug-likeness (QED) is 0.890. The number of nitrogens with one attached hydrogen (secondary N) is 1. The zero-order valence-electron chi connectivity index (χ0n) is 14.1. The van der Waals surface area contributed by atoms with Gasteiger partial charge in [-0.05, 0) is 31.2 Å². The van der Waals surface area contributed by atoms with Crippen LogP contribution in [0.3, 0.4) is 0 Å². The Morgan fingerprint density at radius 1 is 1.33 bits per heavy atom. The van der Waals surface area contributed by atoms with E-state index in [2.05, 4.69) is 19.9 Å². The second-order valence-electron chi connectivity index (χ2n) is 6.34. The minimum atomic E-state index is -2.38. The van der Waals surface area contributed by atoms with Crippen LogP contribution in [0.2, 0.25) is 0 Å². The molecule has 24 heavy (non-hydrogen) atoms. The lowest BCUT2D eigenvalue weighted by atomic mass is 9.94. The fourth-order valence-corrected chi connectivity index (χ4v) is 3.96. The highest BCUT2D eigenvalue weighted by Gasteiger charge is 2.22. The normalized spacial score (nSPS) is 18.5. The van der Waals surface area contributed by atoms with Crippen LogP contribution < -0.4 is 9.64 Å². The molecular weight excluding hydrogens is 326 g/mol. The van der Waals surface area contributed by atoms with Gasteiger partial charge in [0.2, 0.25) is 5.88 Å². The van der Waals surface area contributed by atoms with E-state index in [0.717, 1.165) is 49.1 Å². The van der Waals surface area contributed by atoms with Gasteiger partial charge in [-0.2, -0.15) is 0 Å². The highest BCUT2D eigenvalue weighted by molar-refractivity contribution is 7.91. The van der Waals surface area contributed by atoms with E-state index in [-0.39, 0.29) is 0 Å². The summed E-state index contributed by atoms with van der Waals surface area (Å²) < 4.78 is 24.4. The highest BCUT2D eigenvalue weighted by atomic mass is 32.2. The zero-order valence-corrected chi connectivity index (χ0v) is 14.9. The Morgan fingerprint density at radius 2 is 2.08 bits per heavy atom. The molecule has 2 aromatic rings. The van der Waals surface area contributed by atoms with Crippen LogP contribution in [-0.4, -0.2) is 51.4 Å². The smallest absolute Gasteiger partial charge is 0.240 e. The summed E-state index contributed by atoms with van der Waals surface area (Å²) in [7, 11) is -0.790. The van der Waals surface area contributed by atoms with Gasteiger partial charge in [-0.25, -0.2) is 15.0 Å². The third-order valence-corrected chi connectivity index (χ3v) is 5.54. The molecule has 1 aliphatic heterocycles. The standard InChI is InChI=1S/C16H23N5O2S/c1-23-16-14-13(3-7-18-16)15(20-11-19-14)21-8-4-12(5-9-21)6-10-24(2,17)22/h3,7,11-12,17H,4-6,8-10H2,1-2H3. The van der Waals surface area contributed by atoms with Gasteiger partial charge in [0.15, 0.2) is 0 Å². The lowest BCUT2D eigenvalue weighted by Crippen LogP contribution is -2.34. The van der Waals surface area contributed by atoms with Crippen LogP contribution in [0.4, 0.5) is 5.82 Å². The van der Waals surface area contributed by atoms with E-state index in [0.29, 0.717) is 17.6 Å². The van der Waals surface area contributed by atoms with Crippen molar-refractivity contribution < 1.29 is 8.95 Å². The molecule has 3 heterocycles. The summed E-state index contributed by atoms with van der Waals surface area (Å²) in [6.07, 6.45) is 7.73. The topological polar surface area (TPSA) is 92.1 Å². The largest absolute Gasteiger partial charge is 0.479 e. The molecule has 1 aliphatic rings. The van der Waals surface area contributed by atoms with Crippen molar-refractivity contribution in [1.29, 1.82) is 4.78 Å². The molecule has 1 unspecified atom stereocenters. The highest BCUT2D eigenvalue weighted by Crippen LogP contribution is 2.31. The van der Waals surface area contributed by atoms with Crippen molar-refractivity contribution in [2.24, 2.45) is 5.92 Å². The molecule has 0 bridgehead atoms. The molecule has 0 spiro atoms. The fourth-order valence-electron chi connectivity index (χ4n) is 3.18. The molecule has 3 rings (SSSR count). The van der Waals surface area contributed by atoms with Crippen molar-refractivity contribution in [2.45, 2.75) is 19.3 Å². The van der Waals surface area contributed by atoms with Crippen molar-refractivity contribution in [3.05, 3.63) is 18.6 Å². The van der Waals surface area contributed by atoms with Crippen LogP contribution in [0, 0.1) is 10.7 Å². The van der Waals surface area contributed by atoms with Crippen molar-refractivity contribution in [1.82, 2.24) is 15.0 Å². The minimum Gasteiger partial charge on any atom is -0.479 e. The summed E-state index contributed by atoms with van der Waals surface area (Å²) in [4.78, 5) is 15.2. The van der Waals surface area contributed by atoms with Crippen LogP contribution in [0.15, 0.2) is 18.6 Å².